The maximum absolute atomic E-state index is 12.2. The predicted octanol–water partition coefficient (Wildman–Crippen LogP) is 4.75. The first-order valence-electron chi connectivity index (χ1n) is 8.16. The van der Waals surface area contributed by atoms with E-state index in [1.165, 1.54) is 12.3 Å². The Kier molecular flexibility index (Phi) is 6.12. The van der Waals surface area contributed by atoms with Crippen LogP contribution in [0.1, 0.15) is 15.9 Å². The van der Waals surface area contributed by atoms with Crippen molar-refractivity contribution in [1.82, 2.24) is 4.98 Å². The minimum atomic E-state index is -0.263. The standard InChI is InChI=1S/C21H16BrN3O2/c22-17-6-1-4-15(12-17)9-10-20(26)24-18-7-2-8-19(13-18)25-21(27)16-5-3-11-23-14-16/h1-14H,(H,24,26)(H,25,27)/b10-9+. The second-order valence-corrected chi connectivity index (χ2v) is 6.57. The highest BCUT2D eigenvalue weighted by Gasteiger charge is 2.06. The van der Waals surface area contributed by atoms with Gasteiger partial charge in [0, 0.05) is 34.3 Å². The Balaban J connectivity index is 1.63. The number of benzene rings is 2. The van der Waals surface area contributed by atoms with Crippen molar-refractivity contribution in [3.8, 4) is 0 Å². The van der Waals surface area contributed by atoms with Gasteiger partial charge in [0.25, 0.3) is 5.91 Å². The fourth-order valence-corrected chi connectivity index (χ4v) is 2.76. The van der Waals surface area contributed by atoms with Crippen molar-refractivity contribution in [3.63, 3.8) is 0 Å². The molecule has 2 N–H and O–H groups in total. The minimum absolute atomic E-state index is 0.259. The Morgan fingerprint density at radius 1 is 0.926 bits per heavy atom. The maximum atomic E-state index is 12.2. The van der Waals surface area contributed by atoms with Crippen molar-refractivity contribution in [1.29, 1.82) is 0 Å². The molecular formula is C21H16BrN3O2. The van der Waals surface area contributed by atoms with Crippen LogP contribution in [0.25, 0.3) is 6.08 Å². The monoisotopic (exact) mass is 421 g/mol. The molecule has 0 unspecified atom stereocenters. The molecule has 0 aliphatic carbocycles. The van der Waals surface area contributed by atoms with Gasteiger partial charge in [0.2, 0.25) is 5.91 Å². The molecule has 1 heterocycles. The van der Waals surface area contributed by atoms with Crippen molar-refractivity contribution in [3.05, 3.63) is 94.7 Å². The number of hydrogen-bond acceptors (Lipinski definition) is 3. The molecule has 0 aliphatic heterocycles. The average molecular weight is 422 g/mol. The number of halogens is 1. The SMILES string of the molecule is O=C(/C=C/c1cccc(Br)c1)Nc1cccc(NC(=O)c2cccnc2)c1. The van der Waals surface area contributed by atoms with Gasteiger partial charge in [-0.2, -0.15) is 0 Å². The van der Waals surface area contributed by atoms with Crippen molar-refractivity contribution in [2.24, 2.45) is 0 Å². The molecule has 2 amide bonds. The van der Waals surface area contributed by atoms with Crippen LogP contribution in [0.4, 0.5) is 11.4 Å². The second kappa shape index (κ2) is 8.91. The summed E-state index contributed by atoms with van der Waals surface area (Å²) in [5.74, 6) is -0.521. The smallest absolute Gasteiger partial charge is 0.257 e. The molecule has 0 bridgehead atoms. The molecule has 0 saturated carbocycles. The quantitative estimate of drug-likeness (QED) is 0.583. The zero-order valence-electron chi connectivity index (χ0n) is 14.2. The summed E-state index contributed by atoms with van der Waals surface area (Å²) < 4.78 is 0.946. The number of pyridine rings is 1. The fourth-order valence-electron chi connectivity index (χ4n) is 2.34. The van der Waals surface area contributed by atoms with E-state index in [4.69, 9.17) is 0 Å². The Labute approximate surface area is 165 Å². The van der Waals surface area contributed by atoms with Gasteiger partial charge in [0.1, 0.15) is 0 Å². The summed E-state index contributed by atoms with van der Waals surface area (Å²) in [6, 6.07) is 18.0. The Bertz CT molecular complexity index is 987. The van der Waals surface area contributed by atoms with E-state index in [1.54, 1.807) is 48.7 Å². The van der Waals surface area contributed by atoms with Crippen molar-refractivity contribution in [2.45, 2.75) is 0 Å². The summed E-state index contributed by atoms with van der Waals surface area (Å²) in [5.41, 5.74) is 2.54. The summed E-state index contributed by atoms with van der Waals surface area (Å²) in [5, 5.41) is 5.56. The van der Waals surface area contributed by atoms with Crippen LogP contribution in [0.15, 0.2) is 83.6 Å². The highest BCUT2D eigenvalue weighted by molar-refractivity contribution is 9.10. The van der Waals surface area contributed by atoms with Crippen LogP contribution in [-0.4, -0.2) is 16.8 Å². The summed E-state index contributed by atoms with van der Waals surface area (Å²) in [7, 11) is 0. The van der Waals surface area contributed by atoms with Gasteiger partial charge in [-0.1, -0.05) is 34.1 Å². The topological polar surface area (TPSA) is 71.1 Å². The molecular weight excluding hydrogens is 406 g/mol. The molecule has 0 aliphatic rings. The first-order chi connectivity index (χ1) is 13.1. The van der Waals surface area contributed by atoms with Crippen molar-refractivity contribution < 1.29 is 9.59 Å². The van der Waals surface area contributed by atoms with E-state index in [-0.39, 0.29) is 11.8 Å². The van der Waals surface area contributed by atoms with Crippen LogP contribution in [0.5, 0.6) is 0 Å². The largest absolute Gasteiger partial charge is 0.322 e. The number of nitrogens with one attached hydrogen (secondary N) is 2. The summed E-state index contributed by atoms with van der Waals surface area (Å²) in [4.78, 5) is 28.2. The molecule has 2 aromatic carbocycles. The Morgan fingerprint density at radius 2 is 1.70 bits per heavy atom. The van der Waals surface area contributed by atoms with Crippen molar-refractivity contribution >= 4 is 45.2 Å². The minimum Gasteiger partial charge on any atom is -0.322 e. The van der Waals surface area contributed by atoms with Crippen molar-refractivity contribution in [2.75, 3.05) is 10.6 Å². The molecule has 27 heavy (non-hydrogen) atoms. The number of carbonyl (C=O) groups excluding carboxylic acids is 2. The van der Waals surface area contributed by atoms with Gasteiger partial charge in [-0.3, -0.25) is 14.6 Å². The molecule has 3 aromatic rings. The predicted molar refractivity (Wildman–Crippen MR) is 110 cm³/mol. The van der Waals surface area contributed by atoms with Gasteiger partial charge < -0.3 is 10.6 Å². The first kappa shape index (κ1) is 18.5. The van der Waals surface area contributed by atoms with Crippen LogP contribution in [0.2, 0.25) is 0 Å². The second-order valence-electron chi connectivity index (χ2n) is 5.65. The average Bonchev–Trinajstić information content (AvgIpc) is 2.67. The maximum Gasteiger partial charge on any atom is 0.257 e. The third-order valence-corrected chi connectivity index (χ3v) is 4.08. The molecule has 134 valence electrons. The zero-order chi connectivity index (χ0) is 19.1. The summed E-state index contributed by atoms with van der Waals surface area (Å²) in [6.07, 6.45) is 6.29. The first-order valence-corrected chi connectivity index (χ1v) is 8.95. The van der Waals surface area contributed by atoms with E-state index in [1.807, 2.05) is 24.3 Å². The van der Waals surface area contributed by atoms with Gasteiger partial charge in [0.05, 0.1) is 5.56 Å². The molecule has 6 heteroatoms. The van der Waals surface area contributed by atoms with Crippen LogP contribution >= 0.6 is 15.9 Å². The van der Waals surface area contributed by atoms with E-state index in [2.05, 4.69) is 31.5 Å². The molecule has 0 spiro atoms. The third-order valence-electron chi connectivity index (χ3n) is 3.59. The third kappa shape index (κ3) is 5.62. The number of hydrogen-bond donors (Lipinski definition) is 2. The number of anilines is 2. The molecule has 3 rings (SSSR count). The van der Waals surface area contributed by atoms with E-state index in [0.29, 0.717) is 16.9 Å². The van der Waals surface area contributed by atoms with E-state index >= 15 is 0 Å². The van der Waals surface area contributed by atoms with Gasteiger partial charge in [-0.25, -0.2) is 0 Å². The molecule has 1 aromatic heterocycles. The van der Waals surface area contributed by atoms with Gasteiger partial charge in [0.15, 0.2) is 0 Å². The molecule has 5 nitrogen and oxygen atoms in total. The highest BCUT2D eigenvalue weighted by Crippen LogP contribution is 2.17. The molecule has 0 radical (unpaired) electrons. The lowest BCUT2D eigenvalue weighted by molar-refractivity contribution is -0.111. The zero-order valence-corrected chi connectivity index (χ0v) is 15.8. The molecule has 0 saturated heterocycles. The molecule has 0 atom stereocenters. The number of rotatable bonds is 5. The van der Waals surface area contributed by atoms with Crippen LogP contribution in [-0.2, 0) is 4.79 Å². The highest BCUT2D eigenvalue weighted by atomic mass is 79.9. The van der Waals surface area contributed by atoms with Gasteiger partial charge >= 0.3 is 0 Å². The number of nitrogens with zero attached hydrogens (tertiary/aromatic N) is 1. The van der Waals surface area contributed by atoms with Crippen LogP contribution in [0.3, 0.4) is 0 Å². The van der Waals surface area contributed by atoms with E-state index < -0.39 is 0 Å². The van der Waals surface area contributed by atoms with Crippen LogP contribution in [0, 0.1) is 0 Å². The summed E-state index contributed by atoms with van der Waals surface area (Å²) >= 11 is 3.39. The Hall–Kier alpha value is -3.25. The van der Waals surface area contributed by atoms with E-state index in [0.717, 1.165) is 10.0 Å². The normalized spacial score (nSPS) is 10.6. The lowest BCUT2D eigenvalue weighted by Gasteiger charge is -2.08. The van der Waals surface area contributed by atoms with Gasteiger partial charge in [-0.15, -0.1) is 0 Å². The lowest BCUT2D eigenvalue weighted by atomic mass is 10.2. The number of aromatic nitrogens is 1. The van der Waals surface area contributed by atoms with Crippen LogP contribution < -0.4 is 10.6 Å². The van der Waals surface area contributed by atoms with E-state index in [9.17, 15) is 9.59 Å². The summed E-state index contributed by atoms with van der Waals surface area (Å²) in [6.45, 7) is 0. The molecule has 0 fully saturated rings. The number of amides is 2. The lowest BCUT2D eigenvalue weighted by Crippen LogP contribution is -2.13. The number of carbonyl (C=O) groups is 2. The Morgan fingerprint density at radius 3 is 2.44 bits per heavy atom. The van der Waals surface area contributed by atoms with Gasteiger partial charge in [-0.05, 0) is 54.1 Å². The fraction of sp³-hybridized carbons (Fsp3) is 0.